The standard InChI is InChI=1S/C39H45F3N8O3/c1-4-24-10-8-11-25(5-2)32(24)45-36(51)34-29-13-9-12-27-23-43-38(46-33(27)35(29)48(3)47-34)44-30-15-14-26(22-31(30)53-39(40,41)42)37(52)50-20-16-28(17-21-50)49-18-6-7-19-49/h8,10-11,14-15,22-23,28H,4-7,9,12-13,16-21H2,1-3H3,(H,45,51)(H,43,44,46). The Balaban J connectivity index is 1.14. The molecule has 2 aromatic heterocycles. The van der Waals surface area contributed by atoms with Gasteiger partial charge < -0.3 is 25.2 Å². The van der Waals surface area contributed by atoms with Gasteiger partial charge in [-0.05, 0) is 106 Å². The maximum absolute atomic E-state index is 13.8. The minimum absolute atomic E-state index is 0.0309. The van der Waals surface area contributed by atoms with E-state index in [1.54, 1.807) is 22.8 Å². The summed E-state index contributed by atoms with van der Waals surface area (Å²) in [4.78, 5) is 40.6. The zero-order valence-electron chi connectivity index (χ0n) is 30.4. The molecule has 2 aliphatic heterocycles. The van der Waals surface area contributed by atoms with Gasteiger partial charge in [-0.2, -0.15) is 5.10 Å². The van der Waals surface area contributed by atoms with Gasteiger partial charge in [0.2, 0.25) is 5.95 Å². The fraction of sp³-hybridized carbons (Fsp3) is 0.462. The first-order valence-electron chi connectivity index (χ1n) is 18.6. The Morgan fingerprint density at radius 1 is 0.962 bits per heavy atom. The summed E-state index contributed by atoms with van der Waals surface area (Å²) in [6.45, 7) is 7.34. The number of anilines is 3. The van der Waals surface area contributed by atoms with Gasteiger partial charge in [-0.25, -0.2) is 9.97 Å². The van der Waals surface area contributed by atoms with E-state index in [-0.39, 0.29) is 29.0 Å². The molecule has 14 heteroatoms. The van der Waals surface area contributed by atoms with Crippen molar-refractivity contribution in [2.75, 3.05) is 36.8 Å². The Hall–Kier alpha value is -4.98. The zero-order valence-corrected chi connectivity index (χ0v) is 30.4. The van der Waals surface area contributed by atoms with Crippen molar-refractivity contribution in [3.05, 3.63) is 76.1 Å². The fourth-order valence-corrected chi connectivity index (χ4v) is 7.98. The minimum atomic E-state index is -5.00. The van der Waals surface area contributed by atoms with Crippen LogP contribution in [0, 0.1) is 0 Å². The number of alkyl halides is 3. The van der Waals surface area contributed by atoms with Gasteiger partial charge in [-0.1, -0.05) is 32.0 Å². The Morgan fingerprint density at radius 3 is 2.36 bits per heavy atom. The number of fused-ring (bicyclic) bond motifs is 3. The number of carbonyl (C=O) groups excluding carboxylic acids is 2. The largest absolute Gasteiger partial charge is 0.573 e. The summed E-state index contributed by atoms with van der Waals surface area (Å²) in [6.07, 6.45) is 4.16. The monoisotopic (exact) mass is 730 g/mol. The lowest BCUT2D eigenvalue weighted by molar-refractivity contribution is -0.274. The molecule has 0 radical (unpaired) electrons. The maximum atomic E-state index is 13.8. The summed E-state index contributed by atoms with van der Waals surface area (Å²) in [5, 5.41) is 10.7. The SMILES string of the molecule is CCc1cccc(CC)c1NC(=O)c1nn(C)c2c1CCCc1cnc(Nc3ccc(C(=O)N4CCC(N5CCCC5)CC4)cc3OC(F)(F)F)nc1-2. The second kappa shape index (κ2) is 15.2. The number of aryl methyl sites for hydroxylation is 4. The summed E-state index contributed by atoms with van der Waals surface area (Å²) in [7, 11) is 1.75. The maximum Gasteiger partial charge on any atom is 0.573 e. The van der Waals surface area contributed by atoms with Crippen molar-refractivity contribution in [2.45, 2.75) is 84.0 Å². The average Bonchev–Trinajstić information content (AvgIpc) is 3.76. The molecule has 3 aliphatic rings. The highest BCUT2D eigenvalue weighted by atomic mass is 19.4. The van der Waals surface area contributed by atoms with Crippen molar-refractivity contribution >= 4 is 29.1 Å². The summed E-state index contributed by atoms with van der Waals surface area (Å²) < 4.78 is 47.1. The highest BCUT2D eigenvalue weighted by Crippen LogP contribution is 2.37. The number of nitrogens with one attached hydrogen (secondary N) is 2. The van der Waals surface area contributed by atoms with Gasteiger partial charge in [-0.3, -0.25) is 14.3 Å². The first-order valence-corrected chi connectivity index (χ1v) is 18.6. The molecular weight excluding hydrogens is 685 g/mol. The van der Waals surface area contributed by atoms with Crippen molar-refractivity contribution in [1.29, 1.82) is 0 Å². The molecule has 0 unspecified atom stereocenters. The van der Waals surface area contributed by atoms with Crippen LogP contribution in [-0.2, 0) is 32.7 Å². The topological polar surface area (TPSA) is 118 Å². The quantitative estimate of drug-likeness (QED) is 0.188. The van der Waals surface area contributed by atoms with E-state index in [1.165, 1.54) is 25.0 Å². The average molecular weight is 731 g/mol. The van der Waals surface area contributed by atoms with Gasteiger partial charge in [0.15, 0.2) is 11.4 Å². The molecule has 7 rings (SSSR count). The van der Waals surface area contributed by atoms with E-state index in [0.29, 0.717) is 49.1 Å². The zero-order chi connectivity index (χ0) is 37.3. The summed E-state index contributed by atoms with van der Waals surface area (Å²) in [5.74, 6) is -1.18. The van der Waals surface area contributed by atoms with Crippen LogP contribution in [0.2, 0.25) is 0 Å². The molecule has 2 amide bonds. The number of rotatable bonds is 9. The van der Waals surface area contributed by atoms with E-state index in [0.717, 1.165) is 79.2 Å². The number of ether oxygens (including phenoxy) is 1. The van der Waals surface area contributed by atoms with Gasteiger partial charge in [0.1, 0.15) is 0 Å². The number of hydrogen-bond acceptors (Lipinski definition) is 8. The van der Waals surface area contributed by atoms with Gasteiger partial charge in [0, 0.05) is 49.2 Å². The molecule has 0 saturated carbocycles. The molecule has 0 spiro atoms. The van der Waals surface area contributed by atoms with Crippen molar-refractivity contribution < 1.29 is 27.5 Å². The van der Waals surface area contributed by atoms with Crippen LogP contribution in [0.5, 0.6) is 5.75 Å². The van der Waals surface area contributed by atoms with Crippen LogP contribution < -0.4 is 15.4 Å². The number of piperidine rings is 1. The molecule has 11 nitrogen and oxygen atoms in total. The van der Waals surface area contributed by atoms with Crippen molar-refractivity contribution in [1.82, 2.24) is 29.5 Å². The van der Waals surface area contributed by atoms with Crippen LogP contribution in [0.4, 0.5) is 30.5 Å². The normalized spacial score (nSPS) is 16.5. The lowest BCUT2D eigenvalue weighted by Crippen LogP contribution is -2.45. The summed E-state index contributed by atoms with van der Waals surface area (Å²) in [5.41, 5.74) is 6.00. The molecule has 0 bridgehead atoms. The van der Waals surface area contributed by atoms with Crippen molar-refractivity contribution in [3.8, 4) is 17.1 Å². The molecule has 2 N–H and O–H groups in total. The first-order chi connectivity index (χ1) is 25.5. The van der Waals surface area contributed by atoms with Crippen molar-refractivity contribution in [3.63, 3.8) is 0 Å². The van der Waals surface area contributed by atoms with Crippen LogP contribution in [0.1, 0.15) is 89.1 Å². The molecule has 1 aliphatic carbocycles. The fourth-order valence-electron chi connectivity index (χ4n) is 7.98. The van der Waals surface area contributed by atoms with Crippen LogP contribution in [0.3, 0.4) is 0 Å². The van der Waals surface area contributed by atoms with Crippen LogP contribution in [-0.4, -0.2) is 79.9 Å². The highest BCUT2D eigenvalue weighted by molar-refractivity contribution is 6.05. The molecule has 53 heavy (non-hydrogen) atoms. The molecule has 2 fully saturated rings. The number of likely N-dealkylation sites (tertiary alicyclic amines) is 2. The van der Waals surface area contributed by atoms with E-state index >= 15 is 0 Å². The van der Waals surface area contributed by atoms with Gasteiger partial charge in [-0.15, -0.1) is 13.2 Å². The third-order valence-electron chi connectivity index (χ3n) is 10.7. The Morgan fingerprint density at radius 2 is 1.68 bits per heavy atom. The second-order valence-electron chi connectivity index (χ2n) is 14.0. The summed E-state index contributed by atoms with van der Waals surface area (Å²) >= 11 is 0. The number of halogens is 3. The molecule has 2 aromatic carbocycles. The molecular formula is C39H45F3N8O3. The molecule has 0 atom stereocenters. The first kappa shape index (κ1) is 36.4. The number of para-hydroxylation sites is 1. The number of hydrogen-bond donors (Lipinski definition) is 2. The van der Waals surface area contributed by atoms with E-state index in [1.807, 2.05) is 32.0 Å². The van der Waals surface area contributed by atoms with Crippen molar-refractivity contribution in [2.24, 2.45) is 7.05 Å². The number of nitrogens with zero attached hydrogens (tertiary/aromatic N) is 6. The Kier molecular flexibility index (Phi) is 10.4. The number of benzene rings is 2. The number of carbonyl (C=O) groups is 2. The van der Waals surface area contributed by atoms with Crippen LogP contribution in [0.15, 0.2) is 42.6 Å². The predicted molar refractivity (Wildman–Crippen MR) is 196 cm³/mol. The minimum Gasteiger partial charge on any atom is -0.404 e. The molecule has 280 valence electrons. The highest BCUT2D eigenvalue weighted by Gasteiger charge is 2.34. The third-order valence-corrected chi connectivity index (χ3v) is 10.7. The van der Waals surface area contributed by atoms with E-state index in [9.17, 15) is 22.8 Å². The van der Waals surface area contributed by atoms with E-state index in [4.69, 9.17) is 4.98 Å². The van der Waals surface area contributed by atoms with Gasteiger partial charge in [0.25, 0.3) is 11.8 Å². The van der Waals surface area contributed by atoms with E-state index in [2.05, 4.69) is 30.4 Å². The molecule has 2 saturated heterocycles. The lowest BCUT2D eigenvalue weighted by atomic mass is 10.0. The molecule has 4 heterocycles. The van der Waals surface area contributed by atoms with Crippen LogP contribution >= 0.6 is 0 Å². The summed E-state index contributed by atoms with van der Waals surface area (Å²) in [6, 6.07) is 10.4. The Labute approximate surface area is 306 Å². The smallest absolute Gasteiger partial charge is 0.404 e. The number of amides is 2. The van der Waals surface area contributed by atoms with Crippen LogP contribution in [0.25, 0.3) is 11.4 Å². The van der Waals surface area contributed by atoms with Gasteiger partial charge in [0.05, 0.1) is 17.1 Å². The third kappa shape index (κ3) is 7.73. The van der Waals surface area contributed by atoms with Gasteiger partial charge >= 0.3 is 6.36 Å². The second-order valence-corrected chi connectivity index (χ2v) is 14.0. The predicted octanol–water partition coefficient (Wildman–Crippen LogP) is 7.09. The lowest BCUT2D eigenvalue weighted by Gasteiger charge is -2.36. The van der Waals surface area contributed by atoms with E-state index < -0.39 is 12.1 Å². The Bertz CT molecular complexity index is 1980. The molecule has 4 aromatic rings. The number of aromatic nitrogens is 4.